The highest BCUT2D eigenvalue weighted by Crippen LogP contribution is 2.42. The second-order valence-electron chi connectivity index (χ2n) is 6.50. The minimum atomic E-state index is -6.07. The molecule has 0 saturated heterocycles. The topological polar surface area (TPSA) is 84.9 Å². The average molecular weight is 563 g/mol. The lowest BCUT2D eigenvalue weighted by molar-refractivity contribution is -0.346. The van der Waals surface area contributed by atoms with Gasteiger partial charge in [0.15, 0.2) is 0 Å². The normalized spacial score (nSPS) is 14.1. The number of esters is 1. The van der Waals surface area contributed by atoms with Crippen molar-refractivity contribution in [3.05, 3.63) is 42.5 Å². The number of ether oxygens (including phenoxy) is 2. The van der Waals surface area contributed by atoms with Crippen LogP contribution >= 0.6 is 12.6 Å². The summed E-state index contributed by atoms with van der Waals surface area (Å²) in [5.41, 5.74) is -2.80. The molecule has 36 heavy (non-hydrogen) atoms. The number of halogens is 10. The number of alkyl halides is 10. The van der Waals surface area contributed by atoms with Gasteiger partial charge in [-0.05, 0) is 18.6 Å². The maximum Gasteiger partial charge on any atom is 0.466 e. The summed E-state index contributed by atoms with van der Waals surface area (Å²) >= 11 is 2.37. The van der Waals surface area contributed by atoms with E-state index in [-0.39, 0.29) is 5.69 Å². The molecule has 1 rings (SSSR count). The third kappa shape index (κ3) is 8.85. The number of rotatable bonds is 10. The molecular formula is C19H19F10NO5S. The Balaban J connectivity index is 0.00000596. The van der Waals surface area contributed by atoms with Crippen molar-refractivity contribution < 1.29 is 68.1 Å². The number of hydrogen-bond acceptors (Lipinski definition) is 6. The SMILES string of the molecule is C=C(C(=O)OC(OCCCC(F)(F)C(F)(F)S)(C(=O)Nc1ccccc1)C(F)(F)F)C(F)(F)F.CO. The molecule has 1 amide bonds. The first-order valence-electron chi connectivity index (χ1n) is 9.24. The third-order valence-corrected chi connectivity index (χ3v) is 4.24. The number of benzene rings is 1. The van der Waals surface area contributed by atoms with Crippen LogP contribution in [0.1, 0.15) is 12.8 Å². The first-order valence-corrected chi connectivity index (χ1v) is 9.68. The first-order chi connectivity index (χ1) is 16.2. The molecule has 0 spiro atoms. The van der Waals surface area contributed by atoms with Gasteiger partial charge in [0.1, 0.15) is 5.57 Å². The number of carbonyl (C=O) groups is 2. The van der Waals surface area contributed by atoms with Crippen LogP contribution in [0.2, 0.25) is 0 Å². The summed E-state index contributed by atoms with van der Waals surface area (Å²) in [6.45, 7) is 0.670. The minimum Gasteiger partial charge on any atom is -0.412 e. The fraction of sp³-hybridized carbons (Fsp3) is 0.474. The molecule has 6 nitrogen and oxygen atoms in total. The zero-order chi connectivity index (χ0) is 28.6. The maximum absolute atomic E-state index is 13.8. The van der Waals surface area contributed by atoms with Crippen molar-refractivity contribution in [2.24, 2.45) is 0 Å². The van der Waals surface area contributed by atoms with Crippen molar-refractivity contribution in [3.63, 3.8) is 0 Å². The van der Waals surface area contributed by atoms with Gasteiger partial charge in [-0.1, -0.05) is 37.4 Å². The van der Waals surface area contributed by atoms with Gasteiger partial charge in [-0.2, -0.15) is 43.9 Å². The molecule has 0 bridgehead atoms. The lowest BCUT2D eigenvalue weighted by atomic mass is 10.1. The Hall–Kier alpha value is -2.53. The first kappa shape index (κ1) is 33.5. The van der Waals surface area contributed by atoms with Crippen LogP contribution < -0.4 is 5.32 Å². The number of anilines is 1. The molecule has 0 aliphatic heterocycles. The molecule has 17 heteroatoms. The van der Waals surface area contributed by atoms with Crippen molar-refractivity contribution in [2.75, 3.05) is 19.0 Å². The Bertz CT molecular complexity index is 887. The van der Waals surface area contributed by atoms with E-state index in [2.05, 4.69) is 28.7 Å². The molecule has 1 unspecified atom stereocenters. The molecule has 0 saturated carbocycles. The quantitative estimate of drug-likeness (QED) is 0.0921. The number of hydrogen-bond donors (Lipinski definition) is 3. The molecule has 1 aromatic carbocycles. The Morgan fingerprint density at radius 3 is 1.89 bits per heavy atom. The molecule has 0 radical (unpaired) electrons. The van der Waals surface area contributed by atoms with E-state index in [0.29, 0.717) is 0 Å². The van der Waals surface area contributed by atoms with Gasteiger partial charge in [-0.3, -0.25) is 4.79 Å². The van der Waals surface area contributed by atoms with Gasteiger partial charge in [0.05, 0.1) is 6.61 Å². The zero-order valence-corrected chi connectivity index (χ0v) is 18.9. The lowest BCUT2D eigenvalue weighted by Crippen LogP contribution is -2.60. The second kappa shape index (κ2) is 12.6. The predicted molar refractivity (Wildman–Crippen MR) is 107 cm³/mol. The van der Waals surface area contributed by atoms with Crippen molar-refractivity contribution in [1.29, 1.82) is 0 Å². The largest absolute Gasteiger partial charge is 0.466 e. The molecule has 1 aromatic rings. The molecule has 0 heterocycles. The highest BCUT2D eigenvalue weighted by Gasteiger charge is 2.67. The van der Waals surface area contributed by atoms with E-state index in [0.717, 1.165) is 19.2 Å². The third-order valence-electron chi connectivity index (χ3n) is 3.91. The van der Waals surface area contributed by atoms with E-state index in [9.17, 15) is 53.5 Å². The van der Waals surface area contributed by atoms with Crippen LogP contribution in [-0.4, -0.2) is 60.0 Å². The average Bonchev–Trinajstić information content (AvgIpc) is 2.74. The van der Waals surface area contributed by atoms with Crippen LogP contribution in [0, 0.1) is 0 Å². The number of aliphatic hydroxyl groups is 1. The van der Waals surface area contributed by atoms with E-state index >= 15 is 0 Å². The van der Waals surface area contributed by atoms with Crippen molar-refractivity contribution in [1.82, 2.24) is 0 Å². The van der Waals surface area contributed by atoms with Gasteiger partial charge in [0.25, 0.3) is 0 Å². The minimum absolute atomic E-state index is 0.350. The van der Waals surface area contributed by atoms with E-state index in [1.165, 1.54) is 18.2 Å². The van der Waals surface area contributed by atoms with Gasteiger partial charge in [0, 0.05) is 19.2 Å². The van der Waals surface area contributed by atoms with Crippen molar-refractivity contribution in [2.45, 2.75) is 42.2 Å². The summed E-state index contributed by atoms with van der Waals surface area (Å²) in [6.07, 6.45) is -14.7. The molecule has 0 aromatic heterocycles. The summed E-state index contributed by atoms with van der Waals surface area (Å²) in [4.78, 5) is 24.1. The summed E-state index contributed by atoms with van der Waals surface area (Å²) < 4.78 is 140. The Kier molecular flexibility index (Phi) is 11.7. The predicted octanol–water partition coefficient (Wildman–Crippen LogP) is 5.11. The highest BCUT2D eigenvalue weighted by molar-refractivity contribution is 7.81. The Morgan fingerprint density at radius 1 is 0.972 bits per heavy atom. The van der Waals surface area contributed by atoms with Crippen molar-refractivity contribution in [3.8, 4) is 0 Å². The summed E-state index contributed by atoms with van der Waals surface area (Å²) in [7, 11) is 1.00. The molecule has 0 aliphatic carbocycles. The summed E-state index contributed by atoms with van der Waals surface area (Å²) in [5.74, 6) is -14.7. The number of thiol groups is 1. The summed E-state index contributed by atoms with van der Waals surface area (Å²) in [5, 5.41) is 3.74. The number of nitrogens with one attached hydrogen (secondary N) is 1. The maximum atomic E-state index is 13.8. The molecule has 0 aliphatic rings. The van der Waals surface area contributed by atoms with Crippen LogP contribution in [0.3, 0.4) is 0 Å². The molecule has 2 N–H and O–H groups in total. The monoisotopic (exact) mass is 563 g/mol. The van der Waals surface area contributed by atoms with Gasteiger partial charge in [-0.25, -0.2) is 4.79 Å². The number of carbonyl (C=O) groups excluding carboxylic acids is 2. The fourth-order valence-corrected chi connectivity index (χ4v) is 2.22. The Labute approximate surface area is 202 Å². The van der Waals surface area contributed by atoms with Crippen LogP contribution in [0.5, 0.6) is 0 Å². The van der Waals surface area contributed by atoms with Gasteiger partial charge >= 0.3 is 41.2 Å². The number of aliphatic hydroxyl groups excluding tert-OH is 1. The number of para-hydroxylation sites is 1. The highest BCUT2D eigenvalue weighted by atomic mass is 32.1. The Morgan fingerprint density at radius 2 is 1.47 bits per heavy atom. The van der Waals surface area contributed by atoms with Gasteiger partial charge in [0.2, 0.25) is 0 Å². The van der Waals surface area contributed by atoms with E-state index in [4.69, 9.17) is 5.11 Å². The molecule has 206 valence electrons. The van der Waals surface area contributed by atoms with Crippen LogP contribution in [0.25, 0.3) is 0 Å². The molecular weight excluding hydrogens is 544 g/mol. The van der Waals surface area contributed by atoms with E-state index < -0.39 is 66.2 Å². The smallest absolute Gasteiger partial charge is 0.412 e. The van der Waals surface area contributed by atoms with Crippen LogP contribution in [0.4, 0.5) is 49.6 Å². The standard InChI is InChI=1S/C18H15F10NO4S.CH4O/c1-10(16(21,22)23)12(30)33-15(17(24,25)26,13(31)29-11-6-3-2-4-7-11)32-9-5-8-14(19,20)18(27,28)34;1-2/h2-4,6-7,34H,1,5,8-9H2,(H,29,31);2H,1H3. The van der Waals surface area contributed by atoms with Gasteiger partial charge in [-0.15, -0.1) is 0 Å². The lowest BCUT2D eigenvalue weighted by Gasteiger charge is -2.33. The van der Waals surface area contributed by atoms with Crippen LogP contribution in [-0.2, 0) is 19.1 Å². The van der Waals surface area contributed by atoms with E-state index in [1.807, 2.05) is 0 Å². The van der Waals surface area contributed by atoms with Crippen LogP contribution in [0.15, 0.2) is 42.5 Å². The van der Waals surface area contributed by atoms with Crippen molar-refractivity contribution >= 4 is 30.2 Å². The van der Waals surface area contributed by atoms with Gasteiger partial charge < -0.3 is 19.9 Å². The molecule has 0 fully saturated rings. The second-order valence-corrected chi connectivity index (χ2v) is 7.06. The summed E-state index contributed by atoms with van der Waals surface area (Å²) in [6, 6.07) is 5.95. The zero-order valence-electron chi connectivity index (χ0n) is 18.0. The van der Waals surface area contributed by atoms with E-state index in [1.54, 1.807) is 5.32 Å². The fourth-order valence-electron chi connectivity index (χ4n) is 2.11. The number of amides is 1. The molecule has 1 atom stereocenters.